The number of carbonyl (C=O) groups excluding carboxylic acids is 1. The first-order chi connectivity index (χ1) is 20.8. The van der Waals surface area contributed by atoms with E-state index in [0.29, 0.717) is 58.5 Å². The molecule has 43 heavy (non-hydrogen) atoms. The number of aromatic hydroxyl groups is 1. The molecule has 1 amide bonds. The van der Waals surface area contributed by atoms with Gasteiger partial charge >= 0.3 is 6.01 Å². The largest absolute Gasteiger partial charge is 0.508 e. The SMILES string of the molecule is CCc1c(F)ccc2cc(O)cc(N3Cc4nc(OCC56CCCN5CC(F)C6)nc(N(C)C5CCNCC5)c4C3=O)c12. The van der Waals surface area contributed by atoms with Gasteiger partial charge in [-0.05, 0) is 74.8 Å². The molecule has 0 bridgehead atoms. The summed E-state index contributed by atoms with van der Waals surface area (Å²) in [5.74, 6) is -0.158. The monoisotopic (exact) mass is 592 g/mol. The van der Waals surface area contributed by atoms with Crippen molar-refractivity contribution >= 4 is 28.2 Å². The van der Waals surface area contributed by atoms with Crippen LogP contribution in [0.1, 0.15) is 60.6 Å². The maximum atomic E-state index is 15.0. The van der Waals surface area contributed by atoms with E-state index in [1.165, 1.54) is 12.1 Å². The number of phenolic OH excluding ortho intramolecular Hbond substituents is 1. The minimum atomic E-state index is -0.868. The quantitative estimate of drug-likeness (QED) is 0.419. The Labute approximate surface area is 249 Å². The van der Waals surface area contributed by atoms with Crippen molar-refractivity contribution in [1.82, 2.24) is 20.2 Å². The number of fused-ring (bicyclic) bond motifs is 3. The van der Waals surface area contributed by atoms with E-state index in [0.717, 1.165) is 45.3 Å². The van der Waals surface area contributed by atoms with Crippen LogP contribution in [0.25, 0.3) is 10.8 Å². The minimum absolute atomic E-state index is 0.00910. The molecule has 11 heteroatoms. The number of amides is 1. The molecule has 3 saturated heterocycles. The third-order valence-corrected chi connectivity index (χ3v) is 9.91. The maximum absolute atomic E-state index is 15.0. The third kappa shape index (κ3) is 4.77. The molecule has 2 unspecified atom stereocenters. The van der Waals surface area contributed by atoms with Crippen LogP contribution in [0.5, 0.6) is 11.8 Å². The number of hydrogen-bond acceptors (Lipinski definition) is 8. The molecule has 228 valence electrons. The molecule has 1 aromatic heterocycles. The summed E-state index contributed by atoms with van der Waals surface area (Å²) in [5, 5.41) is 15.2. The predicted octanol–water partition coefficient (Wildman–Crippen LogP) is 4.34. The smallest absolute Gasteiger partial charge is 0.318 e. The number of alkyl halides is 1. The van der Waals surface area contributed by atoms with Crippen LogP contribution in [0.2, 0.25) is 0 Å². The van der Waals surface area contributed by atoms with Crippen molar-refractivity contribution < 1.29 is 23.4 Å². The fourth-order valence-electron chi connectivity index (χ4n) is 7.73. The second kappa shape index (κ2) is 10.9. The Morgan fingerprint density at radius 1 is 1.23 bits per heavy atom. The number of nitrogens with zero attached hydrogens (tertiary/aromatic N) is 5. The molecule has 2 N–H and O–H groups in total. The van der Waals surface area contributed by atoms with E-state index in [1.807, 2.05) is 14.0 Å². The zero-order valence-electron chi connectivity index (χ0n) is 24.7. The average Bonchev–Trinajstić information content (AvgIpc) is 3.65. The summed E-state index contributed by atoms with van der Waals surface area (Å²) in [7, 11) is 1.95. The van der Waals surface area contributed by atoms with Crippen LogP contribution >= 0.6 is 0 Å². The van der Waals surface area contributed by atoms with Crippen molar-refractivity contribution in [2.24, 2.45) is 0 Å². The Bertz CT molecular complexity index is 1580. The highest BCUT2D eigenvalue weighted by Crippen LogP contribution is 2.43. The summed E-state index contributed by atoms with van der Waals surface area (Å²) >= 11 is 0. The van der Waals surface area contributed by atoms with Gasteiger partial charge in [-0.2, -0.15) is 9.97 Å². The lowest BCUT2D eigenvalue weighted by atomic mass is 9.95. The van der Waals surface area contributed by atoms with Gasteiger partial charge in [0, 0.05) is 37.5 Å². The Morgan fingerprint density at radius 3 is 2.84 bits per heavy atom. The van der Waals surface area contributed by atoms with Crippen LogP contribution < -0.4 is 19.9 Å². The molecule has 2 atom stereocenters. The van der Waals surface area contributed by atoms with Gasteiger partial charge in [0.25, 0.3) is 5.91 Å². The number of carbonyl (C=O) groups is 1. The third-order valence-electron chi connectivity index (χ3n) is 9.91. The minimum Gasteiger partial charge on any atom is -0.508 e. The van der Waals surface area contributed by atoms with E-state index in [-0.39, 0.29) is 48.2 Å². The first kappa shape index (κ1) is 28.2. The Hall–Kier alpha value is -3.57. The van der Waals surface area contributed by atoms with E-state index in [9.17, 15) is 18.7 Å². The predicted molar refractivity (Wildman–Crippen MR) is 160 cm³/mol. The highest BCUT2D eigenvalue weighted by molar-refractivity contribution is 6.16. The molecule has 9 nitrogen and oxygen atoms in total. The molecule has 2 aromatic carbocycles. The van der Waals surface area contributed by atoms with Gasteiger partial charge in [0.1, 0.15) is 35.7 Å². The molecule has 5 heterocycles. The summed E-state index contributed by atoms with van der Waals surface area (Å²) in [6, 6.07) is 6.47. The van der Waals surface area contributed by atoms with Gasteiger partial charge in [0.2, 0.25) is 0 Å². The molecule has 4 aliphatic heterocycles. The van der Waals surface area contributed by atoms with Gasteiger partial charge in [-0.3, -0.25) is 9.69 Å². The number of anilines is 2. The van der Waals surface area contributed by atoms with Gasteiger partial charge in [-0.1, -0.05) is 13.0 Å². The summed E-state index contributed by atoms with van der Waals surface area (Å²) in [6.45, 7) is 5.32. The Balaban J connectivity index is 1.29. The summed E-state index contributed by atoms with van der Waals surface area (Å²) in [4.78, 5) is 29.6. The summed E-state index contributed by atoms with van der Waals surface area (Å²) < 4.78 is 35.6. The van der Waals surface area contributed by atoms with Crippen molar-refractivity contribution in [2.75, 3.05) is 49.6 Å². The molecule has 4 aliphatic rings. The van der Waals surface area contributed by atoms with Crippen LogP contribution in [0, 0.1) is 5.82 Å². The number of benzene rings is 2. The zero-order chi connectivity index (χ0) is 29.9. The second-order valence-corrected chi connectivity index (χ2v) is 12.4. The number of piperidine rings is 1. The average molecular weight is 593 g/mol. The van der Waals surface area contributed by atoms with E-state index in [4.69, 9.17) is 14.7 Å². The Kier molecular flexibility index (Phi) is 7.12. The normalized spacial score (nSPS) is 24.1. The molecule has 0 aliphatic carbocycles. The van der Waals surface area contributed by atoms with Gasteiger partial charge in [0.05, 0.1) is 23.5 Å². The van der Waals surface area contributed by atoms with Gasteiger partial charge in [-0.15, -0.1) is 0 Å². The molecule has 0 radical (unpaired) electrons. The fourth-order valence-corrected chi connectivity index (χ4v) is 7.73. The standard InChI is InChI=1S/C32H38F2N6O3/c1-3-23-24(34)6-5-19-13-22(41)14-26(27(19)23)40-17-25-28(30(40)42)29(38(2)21-7-10-35-11-8-21)37-31(36-25)43-18-32-9-4-12-39(32)16-20(33)15-32/h5-6,13-14,20-21,35,41H,3-4,7-12,15-18H2,1-2H3. The lowest BCUT2D eigenvalue weighted by Gasteiger charge is -2.33. The van der Waals surface area contributed by atoms with Crippen molar-refractivity contribution in [1.29, 1.82) is 0 Å². The number of aryl methyl sites for hydroxylation is 1. The molecule has 0 saturated carbocycles. The fraction of sp³-hybridized carbons (Fsp3) is 0.531. The molecular formula is C32H38F2N6O3. The Morgan fingerprint density at radius 2 is 2.05 bits per heavy atom. The lowest BCUT2D eigenvalue weighted by molar-refractivity contribution is 0.0996. The topological polar surface area (TPSA) is 94.1 Å². The van der Waals surface area contributed by atoms with Crippen LogP contribution in [0.4, 0.5) is 20.3 Å². The lowest BCUT2D eigenvalue weighted by Crippen LogP contribution is -2.44. The van der Waals surface area contributed by atoms with Crippen LogP contribution in [0.15, 0.2) is 24.3 Å². The van der Waals surface area contributed by atoms with E-state index >= 15 is 0 Å². The molecular weight excluding hydrogens is 554 g/mol. The number of aromatic nitrogens is 2. The van der Waals surface area contributed by atoms with Crippen LogP contribution in [0.3, 0.4) is 0 Å². The van der Waals surface area contributed by atoms with E-state index in [2.05, 4.69) is 15.1 Å². The number of hydrogen-bond donors (Lipinski definition) is 2. The van der Waals surface area contributed by atoms with Gasteiger partial charge < -0.3 is 25.0 Å². The molecule has 3 aromatic rings. The number of rotatable bonds is 7. The second-order valence-electron chi connectivity index (χ2n) is 12.4. The van der Waals surface area contributed by atoms with Crippen molar-refractivity contribution in [3.05, 3.63) is 46.9 Å². The summed E-state index contributed by atoms with van der Waals surface area (Å²) in [6.07, 6.45) is 3.67. The van der Waals surface area contributed by atoms with Crippen LogP contribution in [-0.4, -0.2) is 83.5 Å². The van der Waals surface area contributed by atoms with Gasteiger partial charge in [-0.25, -0.2) is 8.78 Å². The number of nitrogens with one attached hydrogen (secondary N) is 1. The molecule has 7 rings (SSSR count). The summed E-state index contributed by atoms with van der Waals surface area (Å²) in [5.41, 5.74) is 1.48. The maximum Gasteiger partial charge on any atom is 0.318 e. The highest BCUT2D eigenvalue weighted by Gasteiger charge is 2.49. The highest BCUT2D eigenvalue weighted by atomic mass is 19.1. The van der Waals surface area contributed by atoms with Crippen molar-refractivity contribution in [3.8, 4) is 11.8 Å². The van der Waals surface area contributed by atoms with Crippen LogP contribution in [-0.2, 0) is 13.0 Å². The van der Waals surface area contributed by atoms with E-state index in [1.54, 1.807) is 17.0 Å². The number of halogens is 2. The van der Waals surface area contributed by atoms with Crippen molar-refractivity contribution in [3.63, 3.8) is 0 Å². The van der Waals surface area contributed by atoms with Gasteiger partial charge in [0.15, 0.2) is 0 Å². The molecule has 3 fully saturated rings. The first-order valence-electron chi connectivity index (χ1n) is 15.4. The molecule has 0 spiro atoms. The first-order valence-corrected chi connectivity index (χ1v) is 15.4. The zero-order valence-corrected chi connectivity index (χ0v) is 24.7. The number of ether oxygens (including phenoxy) is 1. The van der Waals surface area contributed by atoms with Crippen molar-refractivity contribution in [2.45, 2.75) is 69.7 Å². The number of phenols is 1. The van der Waals surface area contributed by atoms with E-state index < -0.39 is 6.17 Å².